The van der Waals surface area contributed by atoms with Gasteiger partial charge in [-0.1, -0.05) is 30.3 Å². The smallest absolute Gasteiger partial charge is 0.238 e. The van der Waals surface area contributed by atoms with Crippen LogP contribution >= 0.6 is 0 Å². The summed E-state index contributed by atoms with van der Waals surface area (Å²) in [6, 6.07) is 23.0. The van der Waals surface area contributed by atoms with Gasteiger partial charge < -0.3 is 19.5 Å². The van der Waals surface area contributed by atoms with E-state index in [0.717, 1.165) is 16.8 Å². The van der Waals surface area contributed by atoms with Crippen molar-refractivity contribution in [3.8, 4) is 29.1 Å². The first-order valence-corrected chi connectivity index (χ1v) is 9.50. The molecule has 0 bridgehead atoms. The molecule has 1 aliphatic heterocycles. The molecule has 1 atom stereocenters. The summed E-state index contributed by atoms with van der Waals surface area (Å²) < 4.78 is 17.4. The van der Waals surface area contributed by atoms with Crippen molar-refractivity contribution in [1.82, 2.24) is 4.98 Å². The third kappa shape index (κ3) is 3.23. The second-order valence-electron chi connectivity index (χ2n) is 6.81. The minimum Gasteiger partial charge on any atom is -0.455 e. The average Bonchev–Trinajstić information content (AvgIpc) is 3.13. The maximum Gasteiger partial charge on any atom is 0.238 e. The van der Waals surface area contributed by atoms with Crippen LogP contribution in [0, 0.1) is 11.3 Å². The first-order chi connectivity index (χ1) is 14.7. The van der Waals surface area contributed by atoms with Crippen LogP contribution in [0.4, 0.5) is 11.4 Å². The first kappa shape index (κ1) is 17.8. The highest BCUT2D eigenvalue weighted by atomic mass is 16.7. The zero-order valence-corrected chi connectivity index (χ0v) is 16.1. The van der Waals surface area contributed by atoms with Gasteiger partial charge in [0.1, 0.15) is 11.8 Å². The monoisotopic (exact) mass is 395 g/mol. The molecule has 3 aromatic carbocycles. The number of para-hydroxylation sites is 3. The van der Waals surface area contributed by atoms with E-state index in [1.807, 2.05) is 73.7 Å². The van der Waals surface area contributed by atoms with Crippen LogP contribution < -0.4 is 19.5 Å². The number of anilines is 2. The number of rotatable bonds is 4. The summed E-state index contributed by atoms with van der Waals surface area (Å²) in [7, 11) is 0. The Morgan fingerprint density at radius 1 is 1.00 bits per heavy atom. The molecule has 5 rings (SSSR count). The topological polar surface area (TPSA) is 76.4 Å². The van der Waals surface area contributed by atoms with E-state index in [4.69, 9.17) is 14.2 Å². The lowest BCUT2D eigenvalue weighted by atomic mass is 10.1. The van der Waals surface area contributed by atoms with Crippen molar-refractivity contribution < 1.29 is 14.2 Å². The van der Waals surface area contributed by atoms with Crippen molar-refractivity contribution in [3.63, 3.8) is 0 Å². The number of ether oxygens (including phenoxy) is 3. The molecule has 4 aromatic rings. The number of hydrogen-bond donors (Lipinski definition) is 1. The van der Waals surface area contributed by atoms with E-state index in [2.05, 4.69) is 16.4 Å². The third-order valence-electron chi connectivity index (χ3n) is 4.76. The number of nitriles is 1. The molecule has 30 heavy (non-hydrogen) atoms. The summed E-state index contributed by atoms with van der Waals surface area (Å²) >= 11 is 0. The van der Waals surface area contributed by atoms with Crippen molar-refractivity contribution in [2.75, 3.05) is 5.32 Å². The highest BCUT2D eigenvalue weighted by Crippen LogP contribution is 2.42. The van der Waals surface area contributed by atoms with Crippen LogP contribution in [0.2, 0.25) is 0 Å². The molecule has 0 saturated carbocycles. The molecule has 6 heteroatoms. The Morgan fingerprint density at radius 3 is 2.53 bits per heavy atom. The molecule has 0 fully saturated rings. The SMILES string of the molecule is CC1Oc2cc3ncc(C#N)c(Nc4ccccc4Oc4ccccc4)c3cc2O1. The van der Waals surface area contributed by atoms with Crippen molar-refractivity contribution in [3.05, 3.63) is 78.5 Å². The van der Waals surface area contributed by atoms with E-state index in [1.54, 1.807) is 6.20 Å². The number of aromatic nitrogens is 1. The Bertz CT molecular complexity index is 1280. The number of fused-ring (bicyclic) bond motifs is 2. The molecule has 0 amide bonds. The molecule has 2 heterocycles. The lowest BCUT2D eigenvalue weighted by molar-refractivity contribution is 0.0679. The van der Waals surface area contributed by atoms with E-state index in [0.29, 0.717) is 34.0 Å². The zero-order valence-electron chi connectivity index (χ0n) is 16.1. The van der Waals surface area contributed by atoms with Gasteiger partial charge in [-0.15, -0.1) is 0 Å². The van der Waals surface area contributed by atoms with E-state index in [-0.39, 0.29) is 6.29 Å². The molecular weight excluding hydrogens is 378 g/mol. The van der Waals surface area contributed by atoms with Crippen molar-refractivity contribution in [2.45, 2.75) is 13.2 Å². The van der Waals surface area contributed by atoms with Gasteiger partial charge in [-0.3, -0.25) is 4.98 Å². The summed E-state index contributed by atoms with van der Waals surface area (Å²) in [4.78, 5) is 4.42. The van der Waals surface area contributed by atoms with Gasteiger partial charge in [0.15, 0.2) is 17.2 Å². The molecule has 6 nitrogen and oxygen atoms in total. The van der Waals surface area contributed by atoms with Crippen LogP contribution in [0.15, 0.2) is 72.9 Å². The fourth-order valence-corrected chi connectivity index (χ4v) is 3.39. The number of hydrogen-bond acceptors (Lipinski definition) is 6. The summed E-state index contributed by atoms with van der Waals surface area (Å²) in [5.41, 5.74) is 2.49. The fourth-order valence-electron chi connectivity index (χ4n) is 3.39. The van der Waals surface area contributed by atoms with Gasteiger partial charge >= 0.3 is 0 Å². The van der Waals surface area contributed by atoms with E-state index in [9.17, 15) is 5.26 Å². The minimum absolute atomic E-state index is 0.358. The molecule has 1 unspecified atom stereocenters. The second kappa shape index (κ2) is 7.30. The lowest BCUT2D eigenvalue weighted by Crippen LogP contribution is -2.11. The van der Waals surface area contributed by atoms with Crippen molar-refractivity contribution >= 4 is 22.3 Å². The summed E-state index contributed by atoms with van der Waals surface area (Å²) in [5, 5.41) is 13.8. The molecule has 146 valence electrons. The Balaban J connectivity index is 1.59. The van der Waals surface area contributed by atoms with Crippen LogP contribution in [0.3, 0.4) is 0 Å². The van der Waals surface area contributed by atoms with Crippen LogP contribution in [0.1, 0.15) is 12.5 Å². The van der Waals surface area contributed by atoms with E-state index >= 15 is 0 Å². The van der Waals surface area contributed by atoms with Gasteiger partial charge in [-0.2, -0.15) is 5.26 Å². The Morgan fingerprint density at radius 2 is 1.73 bits per heavy atom. The van der Waals surface area contributed by atoms with Crippen LogP contribution in [0.5, 0.6) is 23.0 Å². The average molecular weight is 395 g/mol. The molecular formula is C24H17N3O3. The quantitative estimate of drug-likeness (QED) is 0.473. The summed E-state index contributed by atoms with van der Waals surface area (Å²) in [6.45, 7) is 1.83. The zero-order chi connectivity index (χ0) is 20.5. The van der Waals surface area contributed by atoms with Crippen LogP contribution in [-0.4, -0.2) is 11.3 Å². The fraction of sp³-hybridized carbons (Fsp3) is 0.0833. The van der Waals surface area contributed by atoms with Gasteiger partial charge in [0, 0.05) is 24.6 Å². The number of nitrogens with one attached hydrogen (secondary N) is 1. The standard InChI is InChI=1S/C24H17N3O3/c1-15-28-22-11-18-20(12-23(22)29-15)26-14-16(13-25)24(18)27-19-9-5-6-10-21(19)30-17-7-3-2-4-8-17/h2-12,14-15H,1H3,(H,26,27). The second-order valence-corrected chi connectivity index (χ2v) is 6.81. The molecule has 0 spiro atoms. The minimum atomic E-state index is -0.358. The van der Waals surface area contributed by atoms with Crippen molar-refractivity contribution in [1.29, 1.82) is 5.26 Å². The Labute approximate surface area is 173 Å². The number of pyridine rings is 1. The van der Waals surface area contributed by atoms with Crippen LogP contribution in [0.25, 0.3) is 10.9 Å². The number of nitrogens with zero attached hydrogens (tertiary/aromatic N) is 2. The lowest BCUT2D eigenvalue weighted by Gasteiger charge is -2.15. The Hall–Kier alpha value is -4.24. The van der Waals surface area contributed by atoms with Crippen LogP contribution in [-0.2, 0) is 0 Å². The maximum atomic E-state index is 9.68. The van der Waals surface area contributed by atoms with Gasteiger partial charge in [-0.05, 0) is 30.3 Å². The Kier molecular flexibility index (Phi) is 4.34. The largest absolute Gasteiger partial charge is 0.455 e. The molecule has 1 aromatic heterocycles. The summed E-state index contributed by atoms with van der Waals surface area (Å²) in [6.07, 6.45) is 1.19. The van der Waals surface area contributed by atoms with Gasteiger partial charge in [0.25, 0.3) is 0 Å². The number of benzene rings is 3. The predicted octanol–water partition coefficient (Wildman–Crippen LogP) is 5.76. The van der Waals surface area contributed by atoms with Gasteiger partial charge in [0.05, 0.1) is 22.5 Å². The van der Waals surface area contributed by atoms with Gasteiger partial charge in [0.2, 0.25) is 6.29 Å². The summed E-state index contributed by atoms with van der Waals surface area (Å²) in [5.74, 6) is 2.64. The highest BCUT2D eigenvalue weighted by molar-refractivity contribution is 5.98. The van der Waals surface area contributed by atoms with E-state index in [1.165, 1.54) is 0 Å². The molecule has 0 saturated heterocycles. The first-order valence-electron chi connectivity index (χ1n) is 9.50. The van der Waals surface area contributed by atoms with Crippen molar-refractivity contribution in [2.24, 2.45) is 0 Å². The molecule has 0 aliphatic carbocycles. The normalized spacial score (nSPS) is 14.3. The maximum absolute atomic E-state index is 9.68. The molecule has 1 aliphatic rings. The molecule has 0 radical (unpaired) electrons. The van der Waals surface area contributed by atoms with Gasteiger partial charge in [-0.25, -0.2) is 0 Å². The van der Waals surface area contributed by atoms with E-state index < -0.39 is 0 Å². The molecule has 1 N–H and O–H groups in total. The third-order valence-corrected chi connectivity index (χ3v) is 4.76. The highest BCUT2D eigenvalue weighted by Gasteiger charge is 2.23. The predicted molar refractivity (Wildman–Crippen MR) is 113 cm³/mol.